The molecule has 0 aliphatic heterocycles. The third-order valence-electron chi connectivity index (χ3n) is 0.949. The van der Waals surface area contributed by atoms with Crippen molar-refractivity contribution in [2.75, 3.05) is 0 Å². The highest BCUT2D eigenvalue weighted by Gasteiger charge is 2.01. The van der Waals surface area contributed by atoms with E-state index in [0.29, 0.717) is 0 Å². The molecule has 10 heavy (non-hydrogen) atoms. The number of rotatable bonds is 0. The van der Waals surface area contributed by atoms with Crippen LogP contribution in [0.25, 0.3) is 0 Å². The molecule has 54 valence electrons. The molecule has 0 nitrogen and oxygen atoms in total. The van der Waals surface area contributed by atoms with Crippen LogP contribution in [-0.2, 0) is 0 Å². The fourth-order valence-corrected chi connectivity index (χ4v) is 3.42. The molecule has 0 bridgehead atoms. The summed E-state index contributed by atoms with van der Waals surface area (Å²) in [7, 11) is 0. The van der Waals surface area contributed by atoms with Crippen molar-refractivity contribution in [3.8, 4) is 0 Å². The van der Waals surface area contributed by atoms with Crippen LogP contribution < -0.4 is 0 Å². The predicted molar refractivity (Wildman–Crippen MR) is 62.3 cm³/mol. The van der Waals surface area contributed by atoms with Gasteiger partial charge in [-0.1, -0.05) is 0 Å². The standard InChI is InChI=1S/C6H2Br3I/c7-4-1-3(10)2-5(8)6(4)9/h1-2H. The smallest absolute Gasteiger partial charge is 0.0460 e. The van der Waals surface area contributed by atoms with E-state index in [-0.39, 0.29) is 0 Å². The van der Waals surface area contributed by atoms with Gasteiger partial charge in [0.05, 0.1) is 0 Å². The molecule has 0 spiro atoms. The molecule has 0 N–H and O–H groups in total. The second-order valence-corrected chi connectivity index (χ2v) is 5.43. The van der Waals surface area contributed by atoms with Crippen molar-refractivity contribution in [3.05, 3.63) is 29.1 Å². The minimum Gasteiger partial charge on any atom is -0.0495 e. The predicted octanol–water partition coefficient (Wildman–Crippen LogP) is 4.58. The van der Waals surface area contributed by atoms with Gasteiger partial charge >= 0.3 is 0 Å². The number of hydrogen-bond acceptors (Lipinski definition) is 0. The molecule has 0 saturated carbocycles. The van der Waals surface area contributed by atoms with E-state index in [9.17, 15) is 0 Å². The van der Waals surface area contributed by atoms with E-state index >= 15 is 0 Å². The van der Waals surface area contributed by atoms with E-state index in [1.807, 2.05) is 0 Å². The Morgan fingerprint density at radius 1 is 1.00 bits per heavy atom. The molecule has 0 atom stereocenters. The Labute approximate surface area is 98.3 Å². The van der Waals surface area contributed by atoms with Crippen LogP contribution in [0.4, 0.5) is 0 Å². The minimum absolute atomic E-state index is 1.06. The minimum atomic E-state index is 1.06. The van der Waals surface area contributed by atoms with Gasteiger partial charge in [-0.15, -0.1) is 0 Å². The molecule has 0 aliphatic rings. The van der Waals surface area contributed by atoms with Crippen LogP contribution in [0, 0.1) is 3.57 Å². The zero-order valence-electron chi connectivity index (χ0n) is 4.67. The zero-order valence-corrected chi connectivity index (χ0v) is 11.6. The lowest BCUT2D eigenvalue weighted by Gasteiger charge is -1.99. The van der Waals surface area contributed by atoms with Gasteiger partial charge in [0.1, 0.15) is 0 Å². The normalized spacial score (nSPS) is 10.0. The van der Waals surface area contributed by atoms with Crippen LogP contribution >= 0.6 is 70.4 Å². The van der Waals surface area contributed by atoms with Gasteiger partial charge in [-0.25, -0.2) is 0 Å². The van der Waals surface area contributed by atoms with Crippen molar-refractivity contribution in [1.82, 2.24) is 0 Å². The summed E-state index contributed by atoms with van der Waals surface area (Å²) in [6.45, 7) is 0. The summed E-state index contributed by atoms with van der Waals surface area (Å²) in [6.07, 6.45) is 0. The number of hydrogen-bond donors (Lipinski definition) is 0. The number of benzene rings is 1. The molecule has 0 radical (unpaired) electrons. The molecule has 4 heteroatoms. The third-order valence-corrected chi connectivity index (χ3v) is 4.74. The highest BCUT2D eigenvalue weighted by molar-refractivity contribution is 14.1. The Morgan fingerprint density at radius 3 is 1.80 bits per heavy atom. The van der Waals surface area contributed by atoms with Crippen molar-refractivity contribution in [3.63, 3.8) is 0 Å². The van der Waals surface area contributed by atoms with Gasteiger partial charge in [-0.05, 0) is 82.5 Å². The summed E-state index contributed by atoms with van der Waals surface area (Å²) in [4.78, 5) is 0. The first-order chi connectivity index (χ1) is 4.61. The van der Waals surface area contributed by atoms with Crippen LogP contribution in [0.15, 0.2) is 25.6 Å². The maximum absolute atomic E-state index is 3.42. The van der Waals surface area contributed by atoms with Crippen LogP contribution in [0.2, 0.25) is 0 Å². The van der Waals surface area contributed by atoms with E-state index in [1.165, 1.54) is 3.57 Å². The van der Waals surface area contributed by atoms with Gasteiger partial charge in [0.25, 0.3) is 0 Å². The SMILES string of the molecule is Brc1cc(I)cc(Br)c1Br. The summed E-state index contributed by atoms with van der Waals surface area (Å²) in [5.41, 5.74) is 0. The topological polar surface area (TPSA) is 0 Å². The summed E-state index contributed by atoms with van der Waals surface area (Å²) in [5, 5.41) is 0. The van der Waals surface area contributed by atoms with Gasteiger partial charge in [0.2, 0.25) is 0 Å². The lowest BCUT2D eigenvalue weighted by Crippen LogP contribution is -1.75. The summed E-state index contributed by atoms with van der Waals surface area (Å²) < 4.78 is 4.42. The second-order valence-electron chi connectivity index (χ2n) is 1.68. The van der Waals surface area contributed by atoms with E-state index < -0.39 is 0 Å². The monoisotopic (exact) mass is 438 g/mol. The van der Waals surface area contributed by atoms with E-state index in [0.717, 1.165) is 13.4 Å². The fourth-order valence-electron chi connectivity index (χ4n) is 0.525. The van der Waals surface area contributed by atoms with Crippen LogP contribution in [-0.4, -0.2) is 0 Å². The Bertz CT molecular complexity index is 236. The first-order valence-corrected chi connectivity index (χ1v) is 5.87. The van der Waals surface area contributed by atoms with E-state index in [4.69, 9.17) is 0 Å². The molecule has 1 aromatic carbocycles. The number of halogens is 4. The Morgan fingerprint density at radius 2 is 1.40 bits per heavy atom. The van der Waals surface area contributed by atoms with Crippen molar-refractivity contribution in [1.29, 1.82) is 0 Å². The van der Waals surface area contributed by atoms with Gasteiger partial charge in [0, 0.05) is 17.0 Å². The van der Waals surface area contributed by atoms with Gasteiger partial charge in [-0.3, -0.25) is 0 Å². The summed E-state index contributed by atoms with van der Waals surface area (Å²) in [5.74, 6) is 0. The lowest BCUT2D eigenvalue weighted by molar-refractivity contribution is 1.50. The average Bonchev–Trinajstić information content (AvgIpc) is 1.82. The molecule has 1 rings (SSSR count). The molecule has 0 unspecified atom stereocenters. The quantitative estimate of drug-likeness (QED) is 0.315. The van der Waals surface area contributed by atoms with Crippen molar-refractivity contribution >= 4 is 70.4 Å². The molecule has 1 aromatic rings. The fraction of sp³-hybridized carbons (Fsp3) is 0. The van der Waals surface area contributed by atoms with Gasteiger partial charge in [-0.2, -0.15) is 0 Å². The van der Waals surface area contributed by atoms with Gasteiger partial charge < -0.3 is 0 Å². The Hall–Kier alpha value is 1.39. The lowest BCUT2D eigenvalue weighted by atomic mass is 10.4. The maximum Gasteiger partial charge on any atom is 0.0460 e. The molecular weight excluding hydrogens is 439 g/mol. The Balaban J connectivity index is 3.31. The second kappa shape index (κ2) is 3.87. The van der Waals surface area contributed by atoms with E-state index in [2.05, 4.69) is 82.5 Å². The van der Waals surface area contributed by atoms with Crippen molar-refractivity contribution < 1.29 is 0 Å². The molecule has 0 aliphatic carbocycles. The third kappa shape index (κ3) is 2.19. The largest absolute Gasteiger partial charge is 0.0495 e. The molecule has 0 aromatic heterocycles. The summed E-state index contributed by atoms with van der Waals surface area (Å²) >= 11 is 12.5. The van der Waals surface area contributed by atoms with Crippen LogP contribution in [0.3, 0.4) is 0 Å². The highest BCUT2D eigenvalue weighted by Crippen LogP contribution is 2.32. The highest BCUT2D eigenvalue weighted by atomic mass is 127. The van der Waals surface area contributed by atoms with Crippen molar-refractivity contribution in [2.45, 2.75) is 0 Å². The summed E-state index contributed by atoms with van der Waals surface area (Å²) in [6, 6.07) is 4.10. The average molecular weight is 441 g/mol. The molecule has 0 heterocycles. The van der Waals surface area contributed by atoms with Gasteiger partial charge in [0.15, 0.2) is 0 Å². The first-order valence-electron chi connectivity index (χ1n) is 2.41. The Kier molecular flexibility index (Phi) is 3.67. The van der Waals surface area contributed by atoms with E-state index in [1.54, 1.807) is 0 Å². The van der Waals surface area contributed by atoms with Crippen molar-refractivity contribution in [2.24, 2.45) is 0 Å². The molecule has 0 amide bonds. The van der Waals surface area contributed by atoms with Crippen LogP contribution in [0.1, 0.15) is 0 Å². The molecule has 0 fully saturated rings. The zero-order chi connectivity index (χ0) is 7.72. The molecular formula is C6H2Br3I. The van der Waals surface area contributed by atoms with Crippen LogP contribution in [0.5, 0.6) is 0 Å². The molecule has 0 saturated heterocycles. The maximum atomic E-state index is 3.42. The first kappa shape index (κ1) is 9.48.